The third-order valence-electron chi connectivity index (χ3n) is 2.12. The van der Waals surface area contributed by atoms with Gasteiger partial charge in [0.05, 0.1) is 10.6 Å². The summed E-state index contributed by atoms with van der Waals surface area (Å²) in [5.74, 6) is 1.38. The van der Waals surface area contributed by atoms with Crippen LogP contribution in [0.1, 0.15) is 11.4 Å². The van der Waals surface area contributed by atoms with Crippen molar-refractivity contribution in [3.05, 3.63) is 35.1 Å². The summed E-state index contributed by atoms with van der Waals surface area (Å²) in [5.41, 5.74) is 2.26. The maximum Gasteiger partial charge on any atom is 0.130 e. The van der Waals surface area contributed by atoms with Crippen molar-refractivity contribution < 1.29 is 0 Å². The first-order valence-electron chi connectivity index (χ1n) is 4.73. The highest BCUT2D eigenvalue weighted by molar-refractivity contribution is 7.13. The van der Waals surface area contributed by atoms with Gasteiger partial charge in [0.15, 0.2) is 0 Å². The summed E-state index contributed by atoms with van der Waals surface area (Å²) < 4.78 is 0. The lowest BCUT2D eigenvalue weighted by Crippen LogP contribution is -1.96. The van der Waals surface area contributed by atoms with Gasteiger partial charge in [0, 0.05) is 18.5 Å². The first kappa shape index (κ1) is 10.6. The summed E-state index contributed by atoms with van der Waals surface area (Å²) >= 11 is 7.37. The fourth-order valence-corrected chi connectivity index (χ4v) is 2.43. The number of thiophene rings is 1. The number of halogens is 1. The highest BCUT2D eigenvalue weighted by atomic mass is 35.5. The molecule has 15 heavy (non-hydrogen) atoms. The molecule has 0 saturated carbocycles. The molecule has 0 aromatic carbocycles. The van der Waals surface area contributed by atoms with Crippen molar-refractivity contribution in [2.75, 3.05) is 5.88 Å². The van der Waals surface area contributed by atoms with Crippen molar-refractivity contribution in [2.24, 2.45) is 0 Å². The molecule has 4 heteroatoms. The Morgan fingerprint density at radius 3 is 2.93 bits per heavy atom. The number of hydrogen-bond acceptors (Lipinski definition) is 3. The Labute approximate surface area is 98.0 Å². The molecule has 0 saturated heterocycles. The van der Waals surface area contributed by atoms with Crippen LogP contribution in [0.5, 0.6) is 0 Å². The SMILES string of the molecule is Cc1ccsc1-c1ccnc(CCCl)n1. The van der Waals surface area contributed by atoms with Crippen LogP contribution in [0.3, 0.4) is 0 Å². The van der Waals surface area contributed by atoms with Gasteiger partial charge in [-0.3, -0.25) is 0 Å². The lowest BCUT2D eigenvalue weighted by Gasteiger charge is -2.01. The summed E-state index contributed by atoms with van der Waals surface area (Å²) in [6.45, 7) is 2.09. The second-order valence-corrected chi connectivity index (χ2v) is 4.52. The molecular formula is C11H11ClN2S. The topological polar surface area (TPSA) is 25.8 Å². The Morgan fingerprint density at radius 1 is 1.40 bits per heavy atom. The molecule has 0 fully saturated rings. The summed E-state index contributed by atoms with van der Waals surface area (Å²) in [5, 5.41) is 2.08. The second-order valence-electron chi connectivity index (χ2n) is 3.23. The first-order chi connectivity index (χ1) is 7.31. The Kier molecular flexibility index (Phi) is 3.34. The predicted octanol–water partition coefficient (Wildman–Crippen LogP) is 3.29. The molecule has 2 aromatic heterocycles. The van der Waals surface area contributed by atoms with E-state index in [2.05, 4.69) is 28.3 Å². The number of aryl methyl sites for hydroxylation is 2. The molecule has 0 amide bonds. The number of alkyl halides is 1. The van der Waals surface area contributed by atoms with E-state index in [1.54, 1.807) is 17.5 Å². The van der Waals surface area contributed by atoms with Crippen LogP contribution in [0.4, 0.5) is 0 Å². The molecule has 0 unspecified atom stereocenters. The molecule has 0 aliphatic rings. The van der Waals surface area contributed by atoms with Crippen LogP contribution in [-0.4, -0.2) is 15.8 Å². The maximum atomic E-state index is 5.67. The van der Waals surface area contributed by atoms with Crippen LogP contribution < -0.4 is 0 Å². The van der Waals surface area contributed by atoms with Crippen LogP contribution >= 0.6 is 22.9 Å². The van der Waals surface area contributed by atoms with E-state index in [1.807, 2.05) is 6.07 Å². The van der Waals surface area contributed by atoms with Gasteiger partial charge in [-0.15, -0.1) is 22.9 Å². The highest BCUT2D eigenvalue weighted by Gasteiger charge is 2.05. The number of nitrogens with zero attached hydrogens (tertiary/aromatic N) is 2. The highest BCUT2D eigenvalue weighted by Crippen LogP contribution is 2.26. The van der Waals surface area contributed by atoms with Crippen molar-refractivity contribution >= 4 is 22.9 Å². The monoisotopic (exact) mass is 238 g/mol. The number of rotatable bonds is 3. The molecule has 0 spiro atoms. The van der Waals surface area contributed by atoms with Gasteiger partial charge in [0.2, 0.25) is 0 Å². The zero-order valence-corrected chi connectivity index (χ0v) is 9.98. The molecule has 2 aromatic rings. The van der Waals surface area contributed by atoms with Gasteiger partial charge < -0.3 is 0 Å². The number of aromatic nitrogens is 2. The van der Waals surface area contributed by atoms with Gasteiger partial charge in [-0.25, -0.2) is 9.97 Å². The van der Waals surface area contributed by atoms with E-state index in [0.29, 0.717) is 5.88 Å². The van der Waals surface area contributed by atoms with Crippen LogP contribution in [-0.2, 0) is 6.42 Å². The minimum atomic E-state index is 0.562. The van der Waals surface area contributed by atoms with E-state index >= 15 is 0 Å². The van der Waals surface area contributed by atoms with Crippen LogP contribution in [0.15, 0.2) is 23.7 Å². The Bertz CT molecular complexity index is 453. The van der Waals surface area contributed by atoms with E-state index in [0.717, 1.165) is 17.9 Å². The average Bonchev–Trinajstić information content (AvgIpc) is 2.65. The van der Waals surface area contributed by atoms with E-state index in [9.17, 15) is 0 Å². The summed E-state index contributed by atoms with van der Waals surface area (Å²) in [4.78, 5) is 9.87. The molecule has 2 rings (SSSR count). The van der Waals surface area contributed by atoms with Crippen molar-refractivity contribution in [1.29, 1.82) is 0 Å². The van der Waals surface area contributed by atoms with E-state index in [-0.39, 0.29) is 0 Å². The van der Waals surface area contributed by atoms with Crippen LogP contribution in [0, 0.1) is 6.92 Å². The molecule has 0 atom stereocenters. The lowest BCUT2D eigenvalue weighted by molar-refractivity contribution is 0.949. The summed E-state index contributed by atoms with van der Waals surface area (Å²) in [7, 11) is 0. The van der Waals surface area contributed by atoms with Crippen LogP contribution in [0.25, 0.3) is 10.6 Å². The van der Waals surface area contributed by atoms with Crippen molar-refractivity contribution in [3.8, 4) is 10.6 Å². The van der Waals surface area contributed by atoms with Crippen molar-refractivity contribution in [3.63, 3.8) is 0 Å². The third kappa shape index (κ3) is 2.36. The molecule has 2 heterocycles. The van der Waals surface area contributed by atoms with Crippen LogP contribution in [0.2, 0.25) is 0 Å². The standard InChI is InChI=1S/C11H11ClN2S/c1-8-4-7-15-11(8)9-3-6-13-10(14-9)2-5-12/h3-4,6-7H,2,5H2,1H3. The van der Waals surface area contributed by atoms with E-state index in [4.69, 9.17) is 11.6 Å². The fourth-order valence-electron chi connectivity index (χ4n) is 1.37. The molecule has 0 aliphatic carbocycles. The Hall–Kier alpha value is -0.930. The molecule has 0 radical (unpaired) electrons. The second kappa shape index (κ2) is 4.73. The molecular weight excluding hydrogens is 228 g/mol. The molecule has 0 N–H and O–H groups in total. The molecule has 0 aliphatic heterocycles. The van der Waals surface area contributed by atoms with Gasteiger partial charge in [-0.05, 0) is 30.0 Å². The number of hydrogen-bond donors (Lipinski definition) is 0. The fraction of sp³-hybridized carbons (Fsp3) is 0.273. The zero-order valence-electron chi connectivity index (χ0n) is 8.40. The minimum absolute atomic E-state index is 0.562. The van der Waals surface area contributed by atoms with Gasteiger partial charge in [-0.1, -0.05) is 0 Å². The molecule has 0 bridgehead atoms. The van der Waals surface area contributed by atoms with Crippen molar-refractivity contribution in [1.82, 2.24) is 9.97 Å². The van der Waals surface area contributed by atoms with Gasteiger partial charge in [-0.2, -0.15) is 0 Å². The minimum Gasteiger partial charge on any atom is -0.241 e. The van der Waals surface area contributed by atoms with Gasteiger partial charge >= 0.3 is 0 Å². The van der Waals surface area contributed by atoms with E-state index in [1.165, 1.54) is 10.4 Å². The van der Waals surface area contributed by atoms with Gasteiger partial charge in [0.1, 0.15) is 5.82 Å². The zero-order chi connectivity index (χ0) is 10.7. The van der Waals surface area contributed by atoms with Gasteiger partial charge in [0.25, 0.3) is 0 Å². The first-order valence-corrected chi connectivity index (χ1v) is 6.15. The Balaban J connectivity index is 2.37. The van der Waals surface area contributed by atoms with Crippen molar-refractivity contribution in [2.45, 2.75) is 13.3 Å². The summed E-state index contributed by atoms with van der Waals surface area (Å²) in [6, 6.07) is 4.04. The predicted molar refractivity (Wildman–Crippen MR) is 64.5 cm³/mol. The average molecular weight is 239 g/mol. The lowest BCUT2D eigenvalue weighted by atomic mass is 10.2. The molecule has 2 nitrogen and oxygen atoms in total. The Morgan fingerprint density at radius 2 is 2.27 bits per heavy atom. The normalized spacial score (nSPS) is 10.5. The summed E-state index contributed by atoms with van der Waals surface area (Å²) in [6.07, 6.45) is 2.52. The molecule has 78 valence electrons. The quantitative estimate of drug-likeness (QED) is 0.767. The smallest absolute Gasteiger partial charge is 0.130 e. The largest absolute Gasteiger partial charge is 0.241 e. The maximum absolute atomic E-state index is 5.67. The van der Waals surface area contributed by atoms with E-state index < -0.39 is 0 Å². The third-order valence-corrected chi connectivity index (χ3v) is 3.35.